The van der Waals surface area contributed by atoms with E-state index in [0.29, 0.717) is 0 Å². The van der Waals surface area contributed by atoms with Gasteiger partial charge in [-0.15, -0.1) is 12.4 Å². The van der Waals surface area contributed by atoms with E-state index in [4.69, 9.17) is 5.73 Å². The van der Waals surface area contributed by atoms with Gasteiger partial charge in [0.15, 0.2) is 0 Å². The van der Waals surface area contributed by atoms with E-state index in [9.17, 15) is 0 Å². The van der Waals surface area contributed by atoms with Crippen molar-refractivity contribution in [1.29, 1.82) is 0 Å². The van der Waals surface area contributed by atoms with Crippen LogP contribution in [-0.2, 0) is 0 Å². The van der Waals surface area contributed by atoms with Gasteiger partial charge in [-0.3, -0.25) is 0 Å². The zero-order valence-corrected chi connectivity index (χ0v) is 9.33. The second kappa shape index (κ2) is 4.47. The predicted octanol–water partition coefficient (Wildman–Crippen LogP) is 1.81. The molecule has 0 fully saturated rings. The van der Waals surface area contributed by atoms with Crippen LogP contribution in [0.3, 0.4) is 0 Å². The molecule has 2 aromatic rings. The Balaban J connectivity index is 0.000000845. The van der Waals surface area contributed by atoms with E-state index in [-0.39, 0.29) is 26.9 Å². The van der Waals surface area contributed by atoms with Gasteiger partial charge in [-0.2, -0.15) is 0 Å². The standard InChI is InChI=1S/C9H8N2Se.ClH/c10-9-11-8(6-12-9)7-4-2-1-3-5-7;/h1-6H,(H2,10,11);1H. The Labute approximate surface area is 89.0 Å². The zero-order chi connectivity index (χ0) is 8.39. The third kappa shape index (κ3) is 2.34. The SMILES string of the molecule is Cl.Nc1nc(-c2ccccc2)c[se]1. The average Bonchev–Trinajstić information content (AvgIpc) is 2.54. The molecule has 0 atom stereocenters. The minimum atomic E-state index is 0. The van der Waals surface area contributed by atoms with E-state index in [0.717, 1.165) is 15.9 Å². The molecule has 4 heteroatoms. The monoisotopic (exact) mass is 260 g/mol. The Kier molecular flexibility index (Phi) is 3.55. The molecule has 0 unspecified atom stereocenters. The topological polar surface area (TPSA) is 38.9 Å². The second-order valence-corrected chi connectivity index (χ2v) is 4.30. The van der Waals surface area contributed by atoms with E-state index in [2.05, 4.69) is 9.92 Å². The first kappa shape index (κ1) is 10.3. The van der Waals surface area contributed by atoms with Gasteiger partial charge >= 0.3 is 76.4 Å². The first-order valence-electron chi connectivity index (χ1n) is 3.63. The molecule has 2 rings (SSSR count). The number of nitrogens with two attached hydrogens (primary N) is 1. The van der Waals surface area contributed by atoms with Gasteiger partial charge in [-0.1, -0.05) is 0 Å². The molecule has 0 aliphatic rings. The fourth-order valence-electron chi connectivity index (χ4n) is 1.03. The number of hydrogen-bond donors (Lipinski definition) is 1. The third-order valence-electron chi connectivity index (χ3n) is 1.59. The molecule has 0 amide bonds. The van der Waals surface area contributed by atoms with Crippen LogP contribution in [0.2, 0.25) is 0 Å². The summed E-state index contributed by atoms with van der Waals surface area (Å²) in [7, 11) is 0. The molecule has 0 radical (unpaired) electrons. The fraction of sp³-hybridized carbons (Fsp3) is 0. The average molecular weight is 260 g/mol. The maximum atomic E-state index is 5.59. The number of nitrogen functional groups attached to an aromatic ring is 1. The quantitative estimate of drug-likeness (QED) is 0.794. The van der Waals surface area contributed by atoms with E-state index < -0.39 is 0 Å². The predicted molar refractivity (Wildman–Crippen MR) is 58.3 cm³/mol. The number of nitrogens with zero attached hydrogens (tertiary/aromatic N) is 1. The summed E-state index contributed by atoms with van der Waals surface area (Å²) in [6.45, 7) is 0. The number of rotatable bonds is 1. The molecule has 0 bridgehead atoms. The van der Waals surface area contributed by atoms with Gasteiger partial charge < -0.3 is 0 Å². The number of aromatic nitrogens is 1. The summed E-state index contributed by atoms with van der Waals surface area (Å²) in [4.78, 5) is 6.35. The Morgan fingerprint density at radius 1 is 1.15 bits per heavy atom. The molecular formula is C9H9ClN2Se. The minimum absolute atomic E-state index is 0. The van der Waals surface area contributed by atoms with Crippen molar-refractivity contribution in [1.82, 2.24) is 4.98 Å². The summed E-state index contributed by atoms with van der Waals surface area (Å²) in [6, 6.07) is 10.1. The van der Waals surface area contributed by atoms with Gasteiger partial charge in [0.25, 0.3) is 0 Å². The van der Waals surface area contributed by atoms with E-state index in [1.807, 2.05) is 30.3 Å². The van der Waals surface area contributed by atoms with Crippen LogP contribution in [0.5, 0.6) is 0 Å². The summed E-state index contributed by atoms with van der Waals surface area (Å²) in [5, 5.41) is 0. The van der Waals surface area contributed by atoms with Crippen LogP contribution in [0.1, 0.15) is 0 Å². The molecule has 1 aromatic carbocycles. The third-order valence-corrected chi connectivity index (χ3v) is 3.01. The van der Waals surface area contributed by atoms with Crippen molar-refractivity contribution in [2.24, 2.45) is 0 Å². The zero-order valence-electron chi connectivity index (χ0n) is 6.81. The van der Waals surface area contributed by atoms with Gasteiger partial charge in [0.1, 0.15) is 0 Å². The summed E-state index contributed by atoms with van der Waals surface area (Å²) in [5.41, 5.74) is 7.76. The first-order chi connectivity index (χ1) is 5.86. The van der Waals surface area contributed by atoms with Crippen molar-refractivity contribution in [2.75, 3.05) is 5.73 Å². The van der Waals surface area contributed by atoms with Crippen LogP contribution >= 0.6 is 12.4 Å². The van der Waals surface area contributed by atoms with Crippen LogP contribution in [0, 0.1) is 0 Å². The van der Waals surface area contributed by atoms with E-state index >= 15 is 0 Å². The molecule has 2 N–H and O–H groups in total. The Hall–Kier alpha value is -0.761. The number of anilines is 1. The summed E-state index contributed by atoms with van der Waals surface area (Å²) in [6.07, 6.45) is 0. The second-order valence-electron chi connectivity index (χ2n) is 2.44. The van der Waals surface area contributed by atoms with E-state index in [1.165, 1.54) is 0 Å². The summed E-state index contributed by atoms with van der Waals surface area (Å²) < 4.78 is 0.765. The van der Waals surface area contributed by atoms with Crippen LogP contribution in [0.25, 0.3) is 11.3 Å². The van der Waals surface area contributed by atoms with Crippen molar-refractivity contribution < 1.29 is 0 Å². The van der Waals surface area contributed by atoms with Crippen molar-refractivity contribution in [2.45, 2.75) is 0 Å². The maximum absolute atomic E-state index is 5.59. The number of halogens is 1. The molecule has 0 spiro atoms. The van der Waals surface area contributed by atoms with E-state index in [1.54, 1.807) is 0 Å². The van der Waals surface area contributed by atoms with Gasteiger partial charge in [0.05, 0.1) is 0 Å². The molecule has 0 aliphatic heterocycles. The van der Waals surface area contributed by atoms with Crippen LogP contribution in [0.4, 0.5) is 4.69 Å². The molecule has 1 aromatic heterocycles. The Morgan fingerprint density at radius 3 is 2.38 bits per heavy atom. The van der Waals surface area contributed by atoms with Crippen molar-refractivity contribution in [3.8, 4) is 11.3 Å². The van der Waals surface area contributed by atoms with Gasteiger partial charge in [-0.25, -0.2) is 0 Å². The number of benzene rings is 1. The summed E-state index contributed by atoms with van der Waals surface area (Å²) in [5.74, 6) is 0. The number of hydrogen-bond acceptors (Lipinski definition) is 2. The molecule has 2 nitrogen and oxygen atoms in total. The molecule has 0 aliphatic carbocycles. The molecule has 13 heavy (non-hydrogen) atoms. The summed E-state index contributed by atoms with van der Waals surface area (Å²) >= 11 is 0.269. The van der Waals surface area contributed by atoms with Crippen molar-refractivity contribution in [3.05, 3.63) is 35.3 Å². The van der Waals surface area contributed by atoms with Gasteiger partial charge in [0, 0.05) is 0 Å². The van der Waals surface area contributed by atoms with Gasteiger partial charge in [-0.05, 0) is 0 Å². The normalized spacial score (nSPS) is 9.23. The van der Waals surface area contributed by atoms with Gasteiger partial charge in [0.2, 0.25) is 0 Å². The molecular weight excluding hydrogens is 251 g/mol. The molecule has 68 valence electrons. The van der Waals surface area contributed by atoms with Crippen LogP contribution in [-0.4, -0.2) is 19.5 Å². The fourth-order valence-corrected chi connectivity index (χ4v) is 2.23. The van der Waals surface area contributed by atoms with Crippen LogP contribution < -0.4 is 5.73 Å². The molecule has 0 saturated heterocycles. The first-order valence-corrected chi connectivity index (χ1v) is 5.47. The van der Waals surface area contributed by atoms with Crippen molar-refractivity contribution >= 4 is 31.6 Å². The van der Waals surface area contributed by atoms with Crippen LogP contribution in [0.15, 0.2) is 35.3 Å². The molecule has 1 heterocycles. The molecule has 0 saturated carbocycles. The Morgan fingerprint density at radius 2 is 1.85 bits per heavy atom. The Bertz CT molecular complexity index is 372. The van der Waals surface area contributed by atoms with Crippen molar-refractivity contribution in [3.63, 3.8) is 0 Å².